The number of hydrogen-bond acceptors (Lipinski definition) is 6. The number of rotatable bonds is 5. The van der Waals surface area contributed by atoms with Crippen molar-refractivity contribution >= 4 is 33.0 Å². The number of nitrogens with one attached hydrogen (secondary N) is 1. The smallest absolute Gasteiger partial charge is 0.286 e. The van der Waals surface area contributed by atoms with E-state index >= 15 is 0 Å². The van der Waals surface area contributed by atoms with Crippen molar-refractivity contribution in [3.63, 3.8) is 0 Å². The van der Waals surface area contributed by atoms with Crippen LogP contribution in [0.1, 0.15) is 39.1 Å². The van der Waals surface area contributed by atoms with E-state index in [9.17, 15) is 17.6 Å². The molecule has 1 aliphatic heterocycles. The lowest BCUT2D eigenvalue weighted by Crippen LogP contribution is -2.39. The molecule has 0 aliphatic carbocycles. The number of amides is 1. The minimum atomic E-state index is -3.60. The Balaban J connectivity index is 1.47. The van der Waals surface area contributed by atoms with E-state index in [4.69, 9.17) is 0 Å². The molecular formula is C21H21FN4O3S2. The number of hydrogen-bond donors (Lipinski definition) is 1. The average Bonchev–Trinajstić information content (AvgIpc) is 3.26. The molecule has 0 saturated carbocycles. The fourth-order valence-electron chi connectivity index (χ4n) is 3.50. The zero-order valence-corrected chi connectivity index (χ0v) is 18.4. The molecule has 0 radical (unpaired) electrons. The molecule has 1 unspecified atom stereocenters. The number of piperidine rings is 1. The van der Waals surface area contributed by atoms with Crippen LogP contribution in [0.4, 0.5) is 10.1 Å². The highest BCUT2D eigenvalue weighted by Gasteiger charge is 2.32. The maximum atomic E-state index is 13.1. The van der Waals surface area contributed by atoms with Crippen LogP contribution in [0.25, 0.3) is 0 Å². The zero-order valence-electron chi connectivity index (χ0n) is 16.8. The van der Waals surface area contributed by atoms with Gasteiger partial charge in [0.1, 0.15) is 10.8 Å². The Morgan fingerprint density at radius 3 is 2.71 bits per heavy atom. The first kappa shape index (κ1) is 21.5. The molecule has 2 heterocycles. The fraction of sp³-hybridized carbons (Fsp3) is 0.286. The van der Waals surface area contributed by atoms with Crippen molar-refractivity contribution < 1.29 is 17.6 Å². The number of anilines is 1. The van der Waals surface area contributed by atoms with Crippen LogP contribution in [0.15, 0.2) is 53.4 Å². The molecule has 1 atom stereocenters. The van der Waals surface area contributed by atoms with Crippen LogP contribution < -0.4 is 5.32 Å². The average molecular weight is 461 g/mol. The topological polar surface area (TPSA) is 92.3 Å². The second-order valence-electron chi connectivity index (χ2n) is 7.43. The fourth-order valence-corrected chi connectivity index (χ4v) is 5.99. The van der Waals surface area contributed by atoms with Gasteiger partial charge in [0.15, 0.2) is 0 Å². The number of aryl methyl sites for hydroxylation is 1. The van der Waals surface area contributed by atoms with E-state index in [1.54, 1.807) is 18.2 Å². The summed E-state index contributed by atoms with van der Waals surface area (Å²) in [6, 6.07) is 12.3. The summed E-state index contributed by atoms with van der Waals surface area (Å²) in [6.07, 6.45) is 1.47. The van der Waals surface area contributed by atoms with E-state index in [-0.39, 0.29) is 15.8 Å². The second-order valence-corrected chi connectivity index (χ2v) is 10.4. The Hall–Kier alpha value is -2.69. The summed E-state index contributed by atoms with van der Waals surface area (Å²) >= 11 is 1.15. The molecule has 4 rings (SSSR count). The van der Waals surface area contributed by atoms with Crippen LogP contribution in [0, 0.1) is 12.7 Å². The maximum absolute atomic E-state index is 13.1. The van der Waals surface area contributed by atoms with Crippen molar-refractivity contribution in [1.29, 1.82) is 0 Å². The van der Waals surface area contributed by atoms with Crippen LogP contribution in [-0.2, 0) is 10.0 Å². The van der Waals surface area contributed by atoms with Crippen LogP contribution >= 0.6 is 11.3 Å². The van der Waals surface area contributed by atoms with Crippen LogP contribution in [-0.4, -0.2) is 41.9 Å². The summed E-state index contributed by atoms with van der Waals surface area (Å²) in [5.41, 5.74) is 1.34. The van der Waals surface area contributed by atoms with Gasteiger partial charge in [-0.15, -0.1) is 10.2 Å². The number of carbonyl (C=O) groups is 1. The summed E-state index contributed by atoms with van der Waals surface area (Å²) in [5.74, 6) is -0.952. The molecule has 2 aromatic carbocycles. The van der Waals surface area contributed by atoms with Gasteiger partial charge in [0.25, 0.3) is 5.91 Å². The van der Waals surface area contributed by atoms with E-state index in [1.807, 2.05) is 13.0 Å². The lowest BCUT2D eigenvalue weighted by atomic mass is 10.0. The SMILES string of the molecule is Cc1cccc(S(=O)(=O)N2CCCC(c3nnc(C(=O)Nc4ccc(F)cc4)s3)C2)c1. The summed E-state index contributed by atoms with van der Waals surface area (Å²) in [7, 11) is -3.60. The summed E-state index contributed by atoms with van der Waals surface area (Å²) < 4.78 is 40.6. The predicted molar refractivity (Wildman–Crippen MR) is 116 cm³/mol. The molecule has 0 spiro atoms. The number of sulfonamides is 1. The second kappa shape index (κ2) is 8.81. The Kier molecular flexibility index (Phi) is 6.12. The molecule has 10 heteroatoms. The Bertz CT molecular complexity index is 1200. The highest BCUT2D eigenvalue weighted by molar-refractivity contribution is 7.89. The molecule has 162 valence electrons. The van der Waals surface area contributed by atoms with Crippen molar-refractivity contribution in [3.8, 4) is 0 Å². The minimum Gasteiger partial charge on any atom is -0.320 e. The summed E-state index contributed by atoms with van der Waals surface area (Å²) in [4.78, 5) is 12.7. The highest BCUT2D eigenvalue weighted by atomic mass is 32.2. The van der Waals surface area contributed by atoms with Gasteiger partial charge in [-0.25, -0.2) is 12.8 Å². The van der Waals surface area contributed by atoms with Crippen molar-refractivity contribution in [3.05, 3.63) is 69.9 Å². The van der Waals surface area contributed by atoms with Crippen molar-refractivity contribution in [2.24, 2.45) is 0 Å². The third-order valence-electron chi connectivity index (χ3n) is 5.10. The van der Waals surface area contributed by atoms with Gasteiger partial charge in [0.2, 0.25) is 15.0 Å². The molecule has 1 N–H and O–H groups in total. The van der Waals surface area contributed by atoms with Crippen molar-refractivity contribution in [2.75, 3.05) is 18.4 Å². The summed E-state index contributed by atoms with van der Waals surface area (Å²) in [6.45, 7) is 2.60. The van der Waals surface area contributed by atoms with Gasteiger partial charge in [0.05, 0.1) is 4.90 Å². The van der Waals surface area contributed by atoms with Crippen molar-refractivity contribution in [2.45, 2.75) is 30.6 Å². The first-order chi connectivity index (χ1) is 14.8. The number of halogens is 1. The van der Waals surface area contributed by atoms with E-state index in [0.29, 0.717) is 30.2 Å². The maximum Gasteiger partial charge on any atom is 0.286 e. The van der Waals surface area contributed by atoms with Crippen LogP contribution in [0.2, 0.25) is 0 Å². The number of aromatic nitrogens is 2. The number of benzene rings is 2. The normalized spacial score (nSPS) is 17.4. The highest BCUT2D eigenvalue weighted by Crippen LogP contribution is 2.32. The van der Waals surface area contributed by atoms with Gasteiger partial charge in [-0.3, -0.25) is 4.79 Å². The van der Waals surface area contributed by atoms with Crippen LogP contribution in [0.3, 0.4) is 0 Å². The first-order valence-electron chi connectivity index (χ1n) is 9.80. The largest absolute Gasteiger partial charge is 0.320 e. The molecule has 3 aromatic rings. The van der Waals surface area contributed by atoms with Gasteiger partial charge in [-0.1, -0.05) is 23.5 Å². The molecule has 1 fully saturated rings. The molecule has 31 heavy (non-hydrogen) atoms. The van der Waals surface area contributed by atoms with Gasteiger partial charge in [-0.05, 0) is 61.7 Å². The molecular weight excluding hydrogens is 439 g/mol. The quantitative estimate of drug-likeness (QED) is 0.625. The molecule has 7 nitrogen and oxygen atoms in total. The Morgan fingerprint density at radius 1 is 1.19 bits per heavy atom. The van der Waals surface area contributed by atoms with E-state index in [2.05, 4.69) is 15.5 Å². The third kappa shape index (κ3) is 4.81. The minimum absolute atomic E-state index is 0.127. The number of carbonyl (C=O) groups excluding carboxylic acids is 1. The van der Waals surface area contributed by atoms with Gasteiger partial charge < -0.3 is 5.32 Å². The van der Waals surface area contributed by atoms with Crippen molar-refractivity contribution in [1.82, 2.24) is 14.5 Å². The van der Waals surface area contributed by atoms with E-state index < -0.39 is 21.7 Å². The van der Waals surface area contributed by atoms with Gasteiger partial charge >= 0.3 is 0 Å². The molecule has 1 aliphatic rings. The predicted octanol–water partition coefficient (Wildman–Crippen LogP) is 3.81. The standard InChI is InChI=1S/C21H21FN4O3S2/c1-14-4-2-6-18(12-14)31(28,29)26-11-3-5-15(13-26)20-24-25-21(30-20)19(27)23-17-9-7-16(22)8-10-17/h2,4,6-10,12,15H,3,5,11,13H2,1H3,(H,23,27). The first-order valence-corrected chi connectivity index (χ1v) is 12.1. The Morgan fingerprint density at radius 2 is 1.97 bits per heavy atom. The molecule has 1 saturated heterocycles. The third-order valence-corrected chi connectivity index (χ3v) is 8.04. The summed E-state index contributed by atoms with van der Waals surface area (Å²) in [5, 5.41) is 11.6. The van der Waals surface area contributed by atoms with Gasteiger partial charge in [-0.2, -0.15) is 4.31 Å². The Labute approximate surface area is 184 Å². The molecule has 1 aromatic heterocycles. The van der Waals surface area contributed by atoms with E-state index in [0.717, 1.165) is 23.3 Å². The lowest BCUT2D eigenvalue weighted by molar-refractivity contribution is 0.102. The van der Waals surface area contributed by atoms with Gasteiger partial charge in [0, 0.05) is 24.7 Å². The van der Waals surface area contributed by atoms with E-state index in [1.165, 1.54) is 28.6 Å². The monoisotopic (exact) mass is 460 g/mol. The molecule has 0 bridgehead atoms. The zero-order chi connectivity index (χ0) is 22.0. The molecule has 1 amide bonds. The van der Waals surface area contributed by atoms with Crippen LogP contribution in [0.5, 0.6) is 0 Å². The number of nitrogens with zero attached hydrogens (tertiary/aromatic N) is 3. The lowest BCUT2D eigenvalue weighted by Gasteiger charge is -2.30.